The third-order valence-corrected chi connectivity index (χ3v) is 2.85. The minimum Gasteiger partial charge on any atom is -0.492 e. The number of hydrogen-bond donors (Lipinski definition) is 2. The number of hydrogen-bond acceptors (Lipinski definition) is 3. The summed E-state index contributed by atoms with van der Waals surface area (Å²) in [6.45, 7) is 1.95. The van der Waals surface area contributed by atoms with Crippen molar-refractivity contribution >= 4 is 5.96 Å². The van der Waals surface area contributed by atoms with Crippen molar-refractivity contribution < 1.29 is 4.74 Å². The molecular weight excluding hydrogens is 266 g/mol. The second kappa shape index (κ2) is 7.94. The van der Waals surface area contributed by atoms with Gasteiger partial charge in [-0.15, -0.1) is 0 Å². The van der Waals surface area contributed by atoms with Crippen molar-refractivity contribution in [3.8, 4) is 5.75 Å². The first-order chi connectivity index (χ1) is 10.3. The highest BCUT2D eigenvalue weighted by Gasteiger charge is 2.00. The molecule has 0 saturated carbocycles. The Morgan fingerprint density at radius 1 is 1.29 bits per heavy atom. The van der Waals surface area contributed by atoms with Crippen LogP contribution in [0.15, 0.2) is 47.7 Å². The van der Waals surface area contributed by atoms with E-state index < -0.39 is 0 Å². The van der Waals surface area contributed by atoms with Crippen LogP contribution in [0.1, 0.15) is 5.56 Å². The summed E-state index contributed by atoms with van der Waals surface area (Å²) >= 11 is 0. The molecule has 0 atom stereocenters. The van der Waals surface area contributed by atoms with Crippen LogP contribution in [-0.2, 0) is 13.6 Å². The van der Waals surface area contributed by atoms with Crippen LogP contribution in [-0.4, -0.2) is 35.9 Å². The van der Waals surface area contributed by atoms with Gasteiger partial charge in [0, 0.05) is 32.4 Å². The molecule has 2 rings (SSSR count). The maximum Gasteiger partial charge on any atom is 0.191 e. The maximum absolute atomic E-state index is 5.61. The predicted octanol–water partition coefficient (Wildman–Crippen LogP) is 1.16. The molecule has 0 radical (unpaired) electrons. The number of guanidine groups is 1. The molecule has 1 aromatic carbocycles. The minimum absolute atomic E-state index is 0.581. The van der Waals surface area contributed by atoms with Crippen LogP contribution in [0.2, 0.25) is 0 Å². The zero-order valence-corrected chi connectivity index (χ0v) is 12.4. The first kappa shape index (κ1) is 14.9. The fourth-order valence-corrected chi connectivity index (χ4v) is 1.82. The Hall–Kier alpha value is -2.50. The highest BCUT2D eigenvalue weighted by atomic mass is 16.5. The van der Waals surface area contributed by atoms with Gasteiger partial charge in [0.2, 0.25) is 0 Å². The molecule has 2 aromatic rings. The maximum atomic E-state index is 5.61. The third-order valence-electron chi connectivity index (χ3n) is 2.85. The molecule has 0 saturated heterocycles. The Labute approximate surface area is 124 Å². The number of aromatic nitrogens is 2. The molecular formula is C15H21N5O. The molecule has 0 aliphatic rings. The lowest BCUT2D eigenvalue weighted by Gasteiger charge is -2.11. The van der Waals surface area contributed by atoms with Crippen molar-refractivity contribution in [2.24, 2.45) is 12.0 Å². The van der Waals surface area contributed by atoms with Crippen LogP contribution < -0.4 is 15.4 Å². The molecule has 1 heterocycles. The topological polar surface area (TPSA) is 63.5 Å². The van der Waals surface area contributed by atoms with E-state index in [0.717, 1.165) is 17.3 Å². The number of nitrogens with one attached hydrogen (secondary N) is 2. The summed E-state index contributed by atoms with van der Waals surface area (Å²) in [5, 5.41) is 10.6. The SMILES string of the molecule is CN=C(NCCOc1ccccc1)NCc1cnn(C)c1. The van der Waals surface area contributed by atoms with E-state index in [1.807, 2.05) is 49.8 Å². The number of nitrogens with zero attached hydrogens (tertiary/aromatic N) is 3. The Bertz CT molecular complexity index is 564. The van der Waals surface area contributed by atoms with Gasteiger partial charge in [0.05, 0.1) is 12.7 Å². The largest absolute Gasteiger partial charge is 0.492 e. The zero-order chi connectivity index (χ0) is 14.9. The molecule has 0 aliphatic carbocycles. The van der Waals surface area contributed by atoms with Crippen LogP contribution in [0.5, 0.6) is 5.75 Å². The van der Waals surface area contributed by atoms with E-state index in [2.05, 4.69) is 20.7 Å². The summed E-state index contributed by atoms with van der Waals surface area (Å²) in [5.74, 6) is 1.62. The molecule has 0 fully saturated rings. The molecule has 0 bridgehead atoms. The van der Waals surface area contributed by atoms with Crippen LogP contribution in [0.3, 0.4) is 0 Å². The van der Waals surface area contributed by atoms with E-state index in [0.29, 0.717) is 19.7 Å². The van der Waals surface area contributed by atoms with Gasteiger partial charge in [-0.05, 0) is 12.1 Å². The van der Waals surface area contributed by atoms with Gasteiger partial charge in [0.25, 0.3) is 0 Å². The smallest absolute Gasteiger partial charge is 0.191 e. The van der Waals surface area contributed by atoms with Crippen molar-refractivity contribution in [1.29, 1.82) is 0 Å². The third kappa shape index (κ3) is 5.18. The second-order valence-electron chi connectivity index (χ2n) is 4.54. The molecule has 6 heteroatoms. The quantitative estimate of drug-likeness (QED) is 0.475. The van der Waals surface area contributed by atoms with Crippen molar-refractivity contribution in [3.63, 3.8) is 0 Å². The van der Waals surface area contributed by atoms with E-state index in [4.69, 9.17) is 4.74 Å². The average molecular weight is 287 g/mol. The van der Waals surface area contributed by atoms with Gasteiger partial charge in [-0.25, -0.2) is 0 Å². The Morgan fingerprint density at radius 3 is 2.76 bits per heavy atom. The number of aryl methyl sites for hydroxylation is 1. The van der Waals surface area contributed by atoms with Gasteiger partial charge in [-0.3, -0.25) is 9.67 Å². The van der Waals surface area contributed by atoms with Crippen LogP contribution >= 0.6 is 0 Å². The Kier molecular flexibility index (Phi) is 5.63. The molecule has 0 spiro atoms. The lowest BCUT2D eigenvalue weighted by Crippen LogP contribution is -2.38. The average Bonchev–Trinajstić information content (AvgIpc) is 2.93. The highest BCUT2D eigenvalue weighted by molar-refractivity contribution is 5.79. The van der Waals surface area contributed by atoms with Gasteiger partial charge >= 0.3 is 0 Å². The van der Waals surface area contributed by atoms with Crippen LogP contribution in [0.25, 0.3) is 0 Å². The lowest BCUT2D eigenvalue weighted by atomic mass is 10.3. The molecule has 0 aliphatic heterocycles. The van der Waals surface area contributed by atoms with Crippen molar-refractivity contribution in [3.05, 3.63) is 48.3 Å². The Balaban J connectivity index is 1.66. The van der Waals surface area contributed by atoms with E-state index in [9.17, 15) is 0 Å². The number of rotatable bonds is 6. The summed E-state index contributed by atoms with van der Waals surface area (Å²) in [5.41, 5.74) is 1.11. The molecule has 112 valence electrons. The predicted molar refractivity (Wildman–Crippen MR) is 83.3 cm³/mol. The Morgan fingerprint density at radius 2 is 2.10 bits per heavy atom. The second-order valence-corrected chi connectivity index (χ2v) is 4.54. The molecule has 21 heavy (non-hydrogen) atoms. The monoisotopic (exact) mass is 287 g/mol. The van der Waals surface area contributed by atoms with E-state index in [-0.39, 0.29) is 0 Å². The lowest BCUT2D eigenvalue weighted by molar-refractivity contribution is 0.322. The number of benzene rings is 1. The minimum atomic E-state index is 0.581. The van der Waals surface area contributed by atoms with Gasteiger partial charge in [0.15, 0.2) is 5.96 Å². The van der Waals surface area contributed by atoms with Crippen LogP contribution in [0.4, 0.5) is 0 Å². The summed E-state index contributed by atoms with van der Waals surface area (Å²) in [7, 11) is 3.65. The molecule has 6 nitrogen and oxygen atoms in total. The van der Waals surface area contributed by atoms with E-state index in [1.54, 1.807) is 11.7 Å². The number of ether oxygens (including phenoxy) is 1. The van der Waals surface area contributed by atoms with E-state index >= 15 is 0 Å². The number of aliphatic imine (C=N–C) groups is 1. The standard InChI is InChI=1S/C15H21N5O/c1-16-15(18-10-13-11-19-20(2)12-13)17-8-9-21-14-6-4-3-5-7-14/h3-7,11-12H,8-10H2,1-2H3,(H2,16,17,18). The highest BCUT2D eigenvalue weighted by Crippen LogP contribution is 2.07. The summed E-state index contributed by atoms with van der Waals surface area (Å²) in [4.78, 5) is 4.17. The zero-order valence-electron chi connectivity index (χ0n) is 12.4. The first-order valence-corrected chi connectivity index (χ1v) is 6.88. The molecule has 0 unspecified atom stereocenters. The van der Waals surface area contributed by atoms with Crippen LogP contribution in [0, 0.1) is 0 Å². The van der Waals surface area contributed by atoms with Gasteiger partial charge < -0.3 is 15.4 Å². The summed E-state index contributed by atoms with van der Waals surface area (Å²) < 4.78 is 7.39. The molecule has 0 amide bonds. The van der Waals surface area contributed by atoms with Crippen molar-refractivity contribution in [2.75, 3.05) is 20.2 Å². The van der Waals surface area contributed by atoms with E-state index in [1.165, 1.54) is 0 Å². The first-order valence-electron chi connectivity index (χ1n) is 6.88. The number of para-hydroxylation sites is 1. The fourth-order valence-electron chi connectivity index (χ4n) is 1.82. The summed E-state index contributed by atoms with van der Waals surface area (Å²) in [6, 6.07) is 9.76. The van der Waals surface area contributed by atoms with Gasteiger partial charge in [0.1, 0.15) is 12.4 Å². The molecule has 1 aromatic heterocycles. The normalized spacial score (nSPS) is 11.2. The van der Waals surface area contributed by atoms with Crippen molar-refractivity contribution in [2.45, 2.75) is 6.54 Å². The summed E-state index contributed by atoms with van der Waals surface area (Å²) in [6.07, 6.45) is 3.80. The fraction of sp³-hybridized carbons (Fsp3) is 0.333. The van der Waals surface area contributed by atoms with Crippen molar-refractivity contribution in [1.82, 2.24) is 20.4 Å². The molecule has 2 N–H and O–H groups in total. The van der Waals surface area contributed by atoms with Gasteiger partial charge in [-0.1, -0.05) is 18.2 Å². The van der Waals surface area contributed by atoms with Gasteiger partial charge in [-0.2, -0.15) is 5.10 Å².